The summed E-state index contributed by atoms with van der Waals surface area (Å²) in [6.07, 6.45) is 11.2. The Kier molecular flexibility index (Phi) is 6.65. The van der Waals surface area contributed by atoms with E-state index in [2.05, 4.69) is 65.0 Å². The van der Waals surface area contributed by atoms with Gasteiger partial charge in [0.2, 0.25) is 0 Å². The van der Waals surface area contributed by atoms with Crippen LogP contribution in [0.4, 0.5) is 0 Å². The highest BCUT2D eigenvalue weighted by molar-refractivity contribution is 5.97. The second-order valence-electron chi connectivity index (χ2n) is 8.84. The Labute approximate surface area is 154 Å². The summed E-state index contributed by atoms with van der Waals surface area (Å²) in [7, 11) is 0. The topological polar surface area (TPSA) is 17.1 Å². The molecule has 0 atom stereocenters. The first-order valence-corrected chi connectivity index (χ1v) is 10.1. The molecule has 0 spiro atoms. The molecule has 138 valence electrons. The number of ketones is 1. The van der Waals surface area contributed by atoms with Crippen LogP contribution < -0.4 is 0 Å². The molecule has 0 aliphatic heterocycles. The smallest absolute Gasteiger partial charge is 0.158 e. The second-order valence-corrected chi connectivity index (χ2v) is 8.84. The average molecular weight is 341 g/mol. The summed E-state index contributed by atoms with van der Waals surface area (Å²) < 4.78 is 0. The van der Waals surface area contributed by atoms with Crippen LogP contribution in [0, 0.1) is 5.41 Å². The highest BCUT2D eigenvalue weighted by Crippen LogP contribution is 2.50. The number of unbranched alkanes of at least 4 members (excludes halogenated alkanes) is 3. The van der Waals surface area contributed by atoms with Gasteiger partial charge in [-0.15, -0.1) is 0 Å². The first kappa shape index (κ1) is 19.9. The average Bonchev–Trinajstić information content (AvgIpc) is 3.04. The van der Waals surface area contributed by atoms with Crippen LogP contribution in [-0.2, 0) is 16.6 Å². The minimum Gasteiger partial charge on any atom is -0.295 e. The fourth-order valence-corrected chi connectivity index (χ4v) is 3.98. The lowest BCUT2D eigenvalue weighted by atomic mass is 9.69. The zero-order chi connectivity index (χ0) is 18.5. The summed E-state index contributed by atoms with van der Waals surface area (Å²) in [6.45, 7) is 11.7. The van der Waals surface area contributed by atoms with E-state index in [9.17, 15) is 4.79 Å². The van der Waals surface area contributed by atoms with Gasteiger partial charge in [0, 0.05) is 6.42 Å². The SMILES string of the molecule is CC1(C)Cc2ccccc2C1(C)C.CCCCCCC1=CCCC1=O. The highest BCUT2D eigenvalue weighted by atomic mass is 16.1. The Morgan fingerprint density at radius 3 is 2.32 bits per heavy atom. The molecule has 0 saturated heterocycles. The van der Waals surface area contributed by atoms with Crippen molar-refractivity contribution in [1.82, 2.24) is 0 Å². The number of carbonyl (C=O) groups is 1. The van der Waals surface area contributed by atoms with Crippen LogP contribution in [0.5, 0.6) is 0 Å². The molecule has 1 aromatic carbocycles. The fraction of sp³-hybridized carbons (Fsp3) is 0.625. The third-order valence-electron chi connectivity index (χ3n) is 6.44. The fourth-order valence-electron chi connectivity index (χ4n) is 3.98. The lowest BCUT2D eigenvalue weighted by Gasteiger charge is -2.35. The molecule has 0 fully saturated rings. The Hall–Kier alpha value is -1.37. The van der Waals surface area contributed by atoms with Crippen molar-refractivity contribution in [2.24, 2.45) is 5.41 Å². The quantitative estimate of drug-likeness (QED) is 0.539. The zero-order valence-corrected chi connectivity index (χ0v) is 17.0. The number of rotatable bonds is 5. The van der Waals surface area contributed by atoms with E-state index in [1.54, 1.807) is 5.56 Å². The van der Waals surface area contributed by atoms with Gasteiger partial charge in [-0.3, -0.25) is 4.79 Å². The van der Waals surface area contributed by atoms with Gasteiger partial charge >= 0.3 is 0 Å². The van der Waals surface area contributed by atoms with Crippen molar-refractivity contribution in [3.63, 3.8) is 0 Å². The molecule has 3 rings (SSSR count). The molecular weight excluding hydrogens is 304 g/mol. The molecule has 0 aromatic heterocycles. The van der Waals surface area contributed by atoms with E-state index in [-0.39, 0.29) is 0 Å². The molecule has 0 saturated carbocycles. The van der Waals surface area contributed by atoms with Crippen molar-refractivity contribution in [3.8, 4) is 0 Å². The van der Waals surface area contributed by atoms with Gasteiger partial charge in [0.15, 0.2) is 5.78 Å². The first-order valence-electron chi connectivity index (χ1n) is 10.1. The van der Waals surface area contributed by atoms with Gasteiger partial charge in [0.05, 0.1) is 0 Å². The molecule has 0 N–H and O–H groups in total. The minimum absolute atomic E-state index is 0.323. The highest BCUT2D eigenvalue weighted by Gasteiger charge is 2.44. The maximum Gasteiger partial charge on any atom is 0.158 e. The monoisotopic (exact) mass is 340 g/mol. The van der Waals surface area contributed by atoms with Crippen LogP contribution in [-0.4, -0.2) is 5.78 Å². The summed E-state index contributed by atoms with van der Waals surface area (Å²) in [6, 6.07) is 8.86. The van der Waals surface area contributed by atoms with Gasteiger partial charge in [-0.25, -0.2) is 0 Å². The lowest BCUT2D eigenvalue weighted by Crippen LogP contribution is -2.32. The molecule has 1 nitrogen and oxygen atoms in total. The van der Waals surface area contributed by atoms with Crippen LogP contribution in [0.1, 0.15) is 90.7 Å². The van der Waals surface area contributed by atoms with Gasteiger partial charge in [-0.05, 0) is 53.2 Å². The van der Waals surface area contributed by atoms with E-state index in [1.807, 2.05) is 0 Å². The van der Waals surface area contributed by atoms with E-state index in [4.69, 9.17) is 0 Å². The Bertz CT molecular complexity index is 619. The Morgan fingerprint density at radius 1 is 1.00 bits per heavy atom. The largest absolute Gasteiger partial charge is 0.295 e. The van der Waals surface area contributed by atoms with Gasteiger partial charge in [0.25, 0.3) is 0 Å². The van der Waals surface area contributed by atoms with Crippen LogP contribution in [0.15, 0.2) is 35.9 Å². The number of carbonyl (C=O) groups excluding carboxylic acids is 1. The zero-order valence-electron chi connectivity index (χ0n) is 17.0. The maximum atomic E-state index is 11.2. The normalized spacial score (nSPS) is 19.9. The maximum absolute atomic E-state index is 11.2. The van der Waals surface area contributed by atoms with Crippen molar-refractivity contribution in [2.75, 3.05) is 0 Å². The molecular formula is C24H36O. The van der Waals surface area contributed by atoms with Crippen LogP contribution >= 0.6 is 0 Å². The van der Waals surface area contributed by atoms with Crippen LogP contribution in [0.2, 0.25) is 0 Å². The summed E-state index contributed by atoms with van der Waals surface area (Å²) in [5.41, 5.74) is 4.91. The number of hydrogen-bond acceptors (Lipinski definition) is 1. The Morgan fingerprint density at radius 2 is 1.72 bits per heavy atom. The minimum atomic E-state index is 0.323. The third kappa shape index (κ3) is 4.63. The molecule has 0 bridgehead atoms. The van der Waals surface area contributed by atoms with E-state index < -0.39 is 0 Å². The number of Topliss-reactive ketones (excluding diaryl/α,β-unsaturated/α-hetero) is 1. The van der Waals surface area contributed by atoms with E-state index in [1.165, 1.54) is 37.7 Å². The number of benzene rings is 1. The Balaban J connectivity index is 0.000000181. The number of fused-ring (bicyclic) bond motifs is 1. The summed E-state index contributed by atoms with van der Waals surface area (Å²) >= 11 is 0. The van der Waals surface area contributed by atoms with E-state index in [0.29, 0.717) is 16.6 Å². The van der Waals surface area contributed by atoms with Crippen LogP contribution in [0.3, 0.4) is 0 Å². The third-order valence-corrected chi connectivity index (χ3v) is 6.44. The number of hydrogen-bond donors (Lipinski definition) is 0. The molecule has 0 radical (unpaired) electrons. The second kappa shape index (κ2) is 8.34. The van der Waals surface area contributed by atoms with Crippen molar-refractivity contribution in [2.45, 2.75) is 91.4 Å². The van der Waals surface area contributed by atoms with E-state index in [0.717, 1.165) is 24.8 Å². The molecule has 0 unspecified atom stereocenters. The molecule has 2 aliphatic rings. The molecule has 1 heteroatoms. The molecule has 0 amide bonds. The van der Waals surface area contributed by atoms with E-state index >= 15 is 0 Å². The van der Waals surface area contributed by atoms with Crippen molar-refractivity contribution in [3.05, 3.63) is 47.0 Å². The standard InChI is InChI=1S/C13H18.C11H18O/c1-12(2)9-10-7-5-6-8-11(10)13(12,3)4;1-2-3-4-5-7-10-8-6-9-11(10)12/h5-8H,9H2,1-4H3;8H,2-7,9H2,1H3. The predicted octanol–water partition coefficient (Wildman–Crippen LogP) is 6.79. The summed E-state index contributed by atoms with van der Waals surface area (Å²) in [4.78, 5) is 11.2. The summed E-state index contributed by atoms with van der Waals surface area (Å²) in [5.74, 6) is 0.395. The first-order chi connectivity index (χ1) is 11.8. The van der Waals surface area contributed by atoms with Gasteiger partial charge in [0.1, 0.15) is 0 Å². The van der Waals surface area contributed by atoms with Crippen LogP contribution in [0.25, 0.3) is 0 Å². The predicted molar refractivity (Wildman–Crippen MR) is 108 cm³/mol. The van der Waals surface area contributed by atoms with Crippen molar-refractivity contribution < 1.29 is 4.79 Å². The molecule has 25 heavy (non-hydrogen) atoms. The molecule has 0 heterocycles. The van der Waals surface area contributed by atoms with Crippen molar-refractivity contribution in [1.29, 1.82) is 0 Å². The van der Waals surface area contributed by atoms with Crippen molar-refractivity contribution >= 4 is 5.78 Å². The van der Waals surface area contributed by atoms with Gasteiger partial charge in [-0.1, -0.05) is 84.2 Å². The molecule has 2 aliphatic carbocycles. The summed E-state index contributed by atoms with van der Waals surface area (Å²) in [5, 5.41) is 0. The lowest BCUT2D eigenvalue weighted by molar-refractivity contribution is -0.115. The molecule has 1 aromatic rings. The van der Waals surface area contributed by atoms with Gasteiger partial charge in [-0.2, -0.15) is 0 Å². The van der Waals surface area contributed by atoms with Gasteiger partial charge < -0.3 is 0 Å². The number of allylic oxidation sites excluding steroid dienone is 2.